The van der Waals surface area contributed by atoms with Crippen LogP contribution >= 0.6 is 23.0 Å². The molecule has 2 saturated carbocycles. The first-order valence-corrected chi connectivity index (χ1v) is 18.0. The van der Waals surface area contributed by atoms with Gasteiger partial charge in [0.2, 0.25) is 0 Å². The van der Waals surface area contributed by atoms with E-state index in [9.17, 15) is 13.7 Å². The van der Waals surface area contributed by atoms with E-state index >= 15 is 0 Å². The Morgan fingerprint density at radius 2 is 1.08 bits per heavy atom. The second-order valence-electron chi connectivity index (χ2n) is 12.4. The van der Waals surface area contributed by atoms with Gasteiger partial charge in [-0.15, -0.1) is 0 Å². The summed E-state index contributed by atoms with van der Waals surface area (Å²) in [4.78, 5) is 0. The maximum Gasteiger partial charge on any atom is 0.394 e. The monoisotopic (exact) mass is 612 g/mol. The summed E-state index contributed by atoms with van der Waals surface area (Å²) in [6.07, 6.45) is 5.58. The van der Waals surface area contributed by atoms with Crippen LogP contribution in [-0.2, 0) is 27.3 Å². The average Bonchev–Trinajstić information content (AvgIpc) is 3.50. The summed E-state index contributed by atoms with van der Waals surface area (Å²) >= 11 is 0. The zero-order valence-electron chi connectivity index (χ0n) is 25.9. The molecule has 0 aromatic carbocycles. The Balaban J connectivity index is 2.11. The van der Waals surface area contributed by atoms with Gasteiger partial charge in [0.15, 0.2) is 0 Å². The van der Waals surface area contributed by atoms with Gasteiger partial charge in [0, 0.05) is 17.3 Å². The molecule has 39 heavy (non-hydrogen) atoms. The molecule has 0 saturated heterocycles. The van der Waals surface area contributed by atoms with E-state index in [-0.39, 0.29) is 25.0 Å². The van der Waals surface area contributed by atoms with Gasteiger partial charge in [0.05, 0.1) is 13.2 Å². The molecule has 0 unspecified atom stereocenters. The molecule has 0 aliphatic heterocycles. The molecule has 228 valence electrons. The van der Waals surface area contributed by atoms with E-state index in [1.54, 1.807) is 113 Å². The van der Waals surface area contributed by atoms with Crippen molar-refractivity contribution in [3.8, 4) is 0 Å². The number of hydrogen-bond donors (Lipinski definition) is 0. The van der Waals surface area contributed by atoms with Crippen molar-refractivity contribution < 1.29 is 27.3 Å². The molecular weight excluding hydrogens is 561 g/mol. The van der Waals surface area contributed by atoms with E-state index < -0.39 is 33.8 Å². The Kier molecular flexibility index (Phi) is 9.88. The molecule has 12 nitrogen and oxygen atoms in total. The Morgan fingerprint density at radius 3 is 1.51 bits per heavy atom. The molecule has 0 heterocycles. The third-order valence-electron chi connectivity index (χ3n) is 9.01. The molecular formula is C24H51N6O6P3. The van der Waals surface area contributed by atoms with Crippen molar-refractivity contribution in [2.45, 2.75) is 25.7 Å². The van der Waals surface area contributed by atoms with Gasteiger partial charge in [-0.25, -0.2) is 32.6 Å². The van der Waals surface area contributed by atoms with Crippen LogP contribution in [0.4, 0.5) is 0 Å². The van der Waals surface area contributed by atoms with Gasteiger partial charge in [-0.1, -0.05) is 0 Å². The number of hydrogen-bond acceptors (Lipinski definition) is 6. The number of allylic oxidation sites excluding steroid dienone is 1. The quantitative estimate of drug-likeness (QED) is 0.260. The van der Waals surface area contributed by atoms with Gasteiger partial charge >= 0.3 is 23.0 Å². The molecule has 0 radical (unpaired) electrons. The summed E-state index contributed by atoms with van der Waals surface area (Å²) in [5.74, 6) is 1.15. The molecule has 2 fully saturated rings. The van der Waals surface area contributed by atoms with Gasteiger partial charge in [-0.2, -0.15) is 0 Å². The van der Waals surface area contributed by atoms with Crippen LogP contribution in [0.3, 0.4) is 0 Å². The van der Waals surface area contributed by atoms with Crippen LogP contribution in [-0.4, -0.2) is 126 Å². The Bertz CT molecular complexity index is 1050. The lowest BCUT2D eigenvalue weighted by Gasteiger charge is -2.49. The van der Waals surface area contributed by atoms with Gasteiger partial charge in [0.25, 0.3) is 0 Å². The summed E-state index contributed by atoms with van der Waals surface area (Å²) in [7, 11) is 11.1. The van der Waals surface area contributed by atoms with Crippen molar-refractivity contribution in [2.24, 2.45) is 22.7 Å². The number of nitrogens with zero attached hydrogens (tertiary/aromatic N) is 6. The minimum Gasteiger partial charge on any atom is -0.427 e. The van der Waals surface area contributed by atoms with Crippen molar-refractivity contribution in [2.75, 3.05) is 97.8 Å². The maximum atomic E-state index is 13.9. The highest BCUT2D eigenvalue weighted by Crippen LogP contribution is 2.75. The van der Waals surface area contributed by atoms with Gasteiger partial charge in [-0.05, 0) is 122 Å². The zero-order chi connectivity index (χ0) is 29.8. The number of rotatable bonds is 14. The lowest BCUT2D eigenvalue weighted by atomic mass is 9.58. The van der Waals surface area contributed by atoms with Gasteiger partial charge in [-0.3, -0.25) is 9.13 Å². The lowest BCUT2D eigenvalue weighted by Crippen LogP contribution is -2.49. The van der Waals surface area contributed by atoms with E-state index in [4.69, 9.17) is 13.6 Å². The Labute approximate surface area is 236 Å². The van der Waals surface area contributed by atoms with Crippen molar-refractivity contribution in [1.29, 1.82) is 0 Å². The predicted octanol–water partition coefficient (Wildman–Crippen LogP) is 4.42. The third-order valence-corrected chi connectivity index (χ3v) is 16.5. The van der Waals surface area contributed by atoms with Crippen LogP contribution in [0, 0.1) is 22.7 Å². The fourth-order valence-corrected chi connectivity index (χ4v) is 11.5. The topological polar surface area (TPSA) is 98.3 Å². The van der Waals surface area contributed by atoms with Crippen LogP contribution in [0.1, 0.15) is 25.7 Å². The third kappa shape index (κ3) is 5.43. The summed E-state index contributed by atoms with van der Waals surface area (Å²) in [6, 6.07) is 0. The number of fused-ring (bicyclic) bond motifs is 5. The lowest BCUT2D eigenvalue weighted by molar-refractivity contribution is -0.0464. The standard InChI is InChI=1S/C24H51N6O6P3/c1-25(2)37(31,26(3)4)34-18-23-16-22(36-39(33,29(9)10)30(11)12)17-24(23,21-14-13-20(23)15-21)19-35-38(32,27(5)6)28(7)8/h16,20-21H,13-15,17-19H2,1-12H3/t20-,21-,23+,24+/m0/s1. The van der Waals surface area contributed by atoms with Crippen LogP contribution in [0.2, 0.25) is 0 Å². The molecule has 0 aromatic rings. The largest absolute Gasteiger partial charge is 0.427 e. The van der Waals surface area contributed by atoms with E-state index in [0.29, 0.717) is 12.2 Å². The molecule has 15 heteroatoms. The highest BCUT2D eigenvalue weighted by Gasteiger charge is 2.70. The zero-order valence-corrected chi connectivity index (χ0v) is 28.6. The Hall–Kier alpha value is -0.0900. The second-order valence-corrected chi connectivity index (χ2v) is 20.8. The molecule has 3 aliphatic carbocycles. The summed E-state index contributed by atoms with van der Waals surface area (Å²) < 4.78 is 70.5. The second kappa shape index (κ2) is 11.5. The van der Waals surface area contributed by atoms with Crippen molar-refractivity contribution in [3.63, 3.8) is 0 Å². The summed E-state index contributed by atoms with van der Waals surface area (Å²) in [5.41, 5.74) is -1.07. The molecule has 2 bridgehead atoms. The van der Waals surface area contributed by atoms with Crippen LogP contribution in [0.25, 0.3) is 0 Å². The van der Waals surface area contributed by atoms with E-state index in [0.717, 1.165) is 19.3 Å². The van der Waals surface area contributed by atoms with Crippen molar-refractivity contribution in [1.82, 2.24) is 28.0 Å². The van der Waals surface area contributed by atoms with Crippen LogP contribution < -0.4 is 0 Å². The smallest absolute Gasteiger partial charge is 0.394 e. The van der Waals surface area contributed by atoms with Gasteiger partial charge in [0.1, 0.15) is 5.76 Å². The van der Waals surface area contributed by atoms with Crippen molar-refractivity contribution >= 4 is 23.0 Å². The van der Waals surface area contributed by atoms with Crippen molar-refractivity contribution in [3.05, 3.63) is 11.8 Å². The minimum atomic E-state index is -3.32. The first-order chi connectivity index (χ1) is 17.8. The normalized spacial score (nSPS) is 29.5. The maximum absolute atomic E-state index is 13.9. The van der Waals surface area contributed by atoms with Crippen LogP contribution in [0.5, 0.6) is 0 Å². The summed E-state index contributed by atoms with van der Waals surface area (Å²) in [5, 5.41) is 0. The molecule has 3 aliphatic rings. The molecule has 4 atom stereocenters. The fourth-order valence-electron chi connectivity index (χ4n) is 6.86. The predicted molar refractivity (Wildman–Crippen MR) is 156 cm³/mol. The highest BCUT2D eigenvalue weighted by atomic mass is 31.2. The minimum absolute atomic E-state index is 0.195. The van der Waals surface area contributed by atoms with Gasteiger partial charge < -0.3 is 13.6 Å². The molecule has 0 N–H and O–H groups in total. The first-order valence-electron chi connectivity index (χ1n) is 13.4. The molecule has 0 aromatic heterocycles. The van der Waals surface area contributed by atoms with E-state index in [2.05, 4.69) is 6.08 Å². The van der Waals surface area contributed by atoms with Crippen LogP contribution in [0.15, 0.2) is 11.8 Å². The summed E-state index contributed by atoms with van der Waals surface area (Å²) in [6.45, 7) is 0.414. The average molecular weight is 613 g/mol. The first kappa shape index (κ1) is 33.4. The fraction of sp³-hybridized carbons (Fsp3) is 0.917. The molecule has 0 amide bonds. The van der Waals surface area contributed by atoms with E-state index in [1.807, 2.05) is 0 Å². The Morgan fingerprint density at radius 1 is 0.667 bits per heavy atom. The molecule has 3 rings (SSSR count). The SMILES string of the molecule is CN(C)P(=O)(OC[C@@]12CC(OP(=O)(N(C)C)N(C)C)=C[C@@]1(COP(=O)(N(C)C)N(C)C)[C@H]1CC[C@H]2C1)N(C)C. The van der Waals surface area contributed by atoms with E-state index in [1.165, 1.54) is 0 Å². The highest BCUT2D eigenvalue weighted by molar-refractivity contribution is 7.54. The molecule has 0 spiro atoms.